The average Bonchev–Trinajstić information content (AvgIpc) is 3.66. The van der Waals surface area contributed by atoms with Gasteiger partial charge >= 0.3 is 0 Å². The van der Waals surface area contributed by atoms with Crippen LogP contribution in [0.5, 0.6) is 0 Å². The van der Waals surface area contributed by atoms with E-state index in [4.69, 9.17) is 0 Å². The van der Waals surface area contributed by atoms with Gasteiger partial charge in [-0.25, -0.2) is 0 Å². The number of benzene rings is 3. The van der Waals surface area contributed by atoms with E-state index in [0.717, 1.165) is 48.8 Å². The molecule has 4 rings (SSSR count). The van der Waals surface area contributed by atoms with Crippen LogP contribution in [0.4, 0.5) is 0 Å². The van der Waals surface area contributed by atoms with E-state index in [9.17, 15) is 35.1 Å². The SMILES string of the molecule is CCC1(N(CC(CO)CO)C(=O)c2ccccc2CCC(O)Cc2ccc(C)cc2C(=O)N(CC(CO)CO)C(C)(C)c2ccccc2)CCCC1. The summed E-state index contributed by atoms with van der Waals surface area (Å²) < 4.78 is 0. The molecule has 3 aromatic rings. The second-order valence-corrected chi connectivity index (χ2v) is 15.2. The molecule has 52 heavy (non-hydrogen) atoms. The Kier molecular flexibility index (Phi) is 15.0. The Bertz CT molecular complexity index is 1580. The van der Waals surface area contributed by atoms with Crippen LogP contribution in [0.25, 0.3) is 0 Å². The normalized spacial score (nSPS) is 14.9. The summed E-state index contributed by atoms with van der Waals surface area (Å²) in [4.78, 5) is 32.5. The zero-order valence-electron chi connectivity index (χ0n) is 31.5. The molecule has 0 heterocycles. The number of aryl methyl sites for hydroxylation is 2. The summed E-state index contributed by atoms with van der Waals surface area (Å²) in [6.45, 7) is 7.40. The van der Waals surface area contributed by atoms with Crippen molar-refractivity contribution in [3.63, 3.8) is 0 Å². The molecule has 1 unspecified atom stereocenters. The summed E-state index contributed by atoms with van der Waals surface area (Å²) in [7, 11) is 0. The second-order valence-electron chi connectivity index (χ2n) is 15.2. The van der Waals surface area contributed by atoms with Crippen molar-refractivity contribution >= 4 is 11.8 Å². The van der Waals surface area contributed by atoms with Crippen LogP contribution < -0.4 is 0 Å². The zero-order valence-corrected chi connectivity index (χ0v) is 31.5. The number of carbonyl (C=O) groups excluding carboxylic acids is 2. The summed E-state index contributed by atoms with van der Waals surface area (Å²) in [5, 5.41) is 51.3. The van der Waals surface area contributed by atoms with Crippen molar-refractivity contribution in [3.8, 4) is 0 Å². The van der Waals surface area contributed by atoms with Gasteiger partial charge < -0.3 is 35.3 Å². The summed E-state index contributed by atoms with van der Waals surface area (Å²) in [6.07, 6.45) is 4.84. The second kappa shape index (κ2) is 18.9. The molecule has 0 aliphatic heterocycles. The van der Waals surface area contributed by atoms with E-state index < -0.39 is 23.5 Å². The highest BCUT2D eigenvalue weighted by atomic mass is 16.3. The van der Waals surface area contributed by atoms with Crippen LogP contribution in [0.1, 0.15) is 102 Å². The highest BCUT2D eigenvalue weighted by Crippen LogP contribution is 2.40. The molecule has 0 spiro atoms. The lowest BCUT2D eigenvalue weighted by molar-refractivity contribution is 0.0284. The average molecular weight is 717 g/mol. The number of aliphatic hydroxyl groups is 5. The van der Waals surface area contributed by atoms with Crippen molar-refractivity contribution < 1.29 is 35.1 Å². The van der Waals surface area contributed by atoms with E-state index in [1.807, 2.05) is 98.5 Å². The van der Waals surface area contributed by atoms with Crippen LogP contribution in [0.15, 0.2) is 72.8 Å². The smallest absolute Gasteiger partial charge is 0.254 e. The van der Waals surface area contributed by atoms with Gasteiger partial charge in [-0.05, 0) is 88.1 Å². The van der Waals surface area contributed by atoms with E-state index in [-0.39, 0.29) is 63.3 Å². The molecule has 2 amide bonds. The Morgan fingerprint density at radius 1 is 0.769 bits per heavy atom. The molecule has 1 atom stereocenters. The van der Waals surface area contributed by atoms with Gasteiger partial charge in [-0.1, -0.05) is 86.0 Å². The molecular weight excluding hydrogens is 656 g/mol. The molecule has 3 aromatic carbocycles. The fraction of sp³-hybridized carbons (Fsp3) is 0.535. The van der Waals surface area contributed by atoms with Gasteiger partial charge in [0.1, 0.15) is 0 Å². The number of nitrogens with zero attached hydrogens (tertiary/aromatic N) is 2. The quantitative estimate of drug-likeness (QED) is 0.114. The maximum atomic E-state index is 14.5. The van der Waals surface area contributed by atoms with Gasteiger partial charge in [-0.3, -0.25) is 9.59 Å². The largest absolute Gasteiger partial charge is 0.396 e. The maximum absolute atomic E-state index is 14.5. The topological polar surface area (TPSA) is 142 Å². The molecule has 284 valence electrons. The third kappa shape index (κ3) is 9.68. The minimum absolute atomic E-state index is 0.114. The van der Waals surface area contributed by atoms with Crippen molar-refractivity contribution in [2.45, 2.75) is 96.2 Å². The Balaban J connectivity index is 1.58. The molecule has 9 nitrogen and oxygen atoms in total. The van der Waals surface area contributed by atoms with E-state index >= 15 is 0 Å². The third-order valence-corrected chi connectivity index (χ3v) is 11.3. The number of hydrogen-bond donors (Lipinski definition) is 5. The molecule has 1 aliphatic rings. The van der Waals surface area contributed by atoms with Crippen molar-refractivity contribution in [3.05, 3.63) is 106 Å². The van der Waals surface area contributed by atoms with Crippen LogP contribution in [0.3, 0.4) is 0 Å². The van der Waals surface area contributed by atoms with Gasteiger partial charge in [0.15, 0.2) is 0 Å². The van der Waals surface area contributed by atoms with Gasteiger partial charge in [-0.15, -0.1) is 0 Å². The molecule has 0 aromatic heterocycles. The Labute approximate surface area is 309 Å². The lowest BCUT2D eigenvalue weighted by Crippen LogP contribution is -2.52. The van der Waals surface area contributed by atoms with Crippen LogP contribution in [0.2, 0.25) is 0 Å². The number of aliphatic hydroxyl groups excluding tert-OH is 5. The van der Waals surface area contributed by atoms with E-state index in [1.54, 1.807) is 4.90 Å². The highest BCUT2D eigenvalue weighted by molar-refractivity contribution is 5.97. The predicted octanol–water partition coefficient (Wildman–Crippen LogP) is 5.28. The molecular formula is C43H60N2O7. The van der Waals surface area contributed by atoms with Gasteiger partial charge in [0.05, 0.1) is 11.6 Å². The lowest BCUT2D eigenvalue weighted by atomic mass is 9.88. The van der Waals surface area contributed by atoms with Crippen LogP contribution in [0, 0.1) is 18.8 Å². The Hall–Kier alpha value is -3.60. The van der Waals surface area contributed by atoms with Gasteiger partial charge in [0.2, 0.25) is 0 Å². The van der Waals surface area contributed by atoms with E-state index in [2.05, 4.69) is 6.92 Å². The first-order valence-electron chi connectivity index (χ1n) is 18.9. The number of amides is 2. The third-order valence-electron chi connectivity index (χ3n) is 11.3. The molecule has 9 heteroatoms. The minimum atomic E-state index is -0.809. The Morgan fingerprint density at radius 3 is 1.98 bits per heavy atom. The van der Waals surface area contributed by atoms with Gasteiger partial charge in [-0.2, -0.15) is 0 Å². The van der Waals surface area contributed by atoms with Gasteiger partial charge in [0.25, 0.3) is 11.8 Å². The molecule has 0 saturated heterocycles. The van der Waals surface area contributed by atoms with Crippen LogP contribution >= 0.6 is 0 Å². The zero-order chi connectivity index (χ0) is 37.9. The Morgan fingerprint density at radius 2 is 1.37 bits per heavy atom. The molecule has 5 N–H and O–H groups in total. The van der Waals surface area contributed by atoms with E-state index in [1.165, 1.54) is 0 Å². The lowest BCUT2D eigenvalue weighted by Gasteiger charge is -2.43. The number of hydrogen-bond acceptors (Lipinski definition) is 7. The fourth-order valence-corrected chi connectivity index (χ4v) is 7.75. The summed E-state index contributed by atoms with van der Waals surface area (Å²) >= 11 is 0. The fourth-order valence-electron chi connectivity index (χ4n) is 7.75. The molecule has 0 bridgehead atoms. The first-order valence-corrected chi connectivity index (χ1v) is 18.9. The van der Waals surface area contributed by atoms with E-state index in [0.29, 0.717) is 29.5 Å². The summed E-state index contributed by atoms with van der Waals surface area (Å²) in [6, 6.07) is 22.8. The maximum Gasteiger partial charge on any atom is 0.254 e. The van der Waals surface area contributed by atoms with Gasteiger partial charge in [0, 0.05) is 68.0 Å². The molecule has 1 aliphatic carbocycles. The first-order chi connectivity index (χ1) is 24.9. The van der Waals surface area contributed by atoms with Crippen LogP contribution in [-0.4, -0.2) is 98.3 Å². The first kappa shape index (κ1) is 41.2. The molecule has 1 saturated carbocycles. The number of rotatable bonds is 19. The van der Waals surface area contributed by atoms with Crippen molar-refractivity contribution in [1.29, 1.82) is 0 Å². The van der Waals surface area contributed by atoms with Crippen LogP contribution in [-0.2, 0) is 18.4 Å². The van der Waals surface area contributed by atoms with Crippen molar-refractivity contribution in [2.75, 3.05) is 39.5 Å². The molecule has 0 radical (unpaired) electrons. The number of carbonyl (C=O) groups is 2. The highest BCUT2D eigenvalue weighted by Gasteiger charge is 2.42. The molecule has 1 fully saturated rings. The predicted molar refractivity (Wildman–Crippen MR) is 204 cm³/mol. The standard InChI is InChI=1S/C43H60N2O7/c1-5-43(21-11-12-22-43)45(26-33(29-48)30-49)40(51)38-16-10-9-13-34(38)19-20-37(50)24-35-18-17-31(2)23-39(35)41(52)44(25-32(27-46)28-47)42(3,4)36-14-7-6-8-15-36/h6-10,13-18,23,32-33,37,46-50H,5,11-12,19-22,24-30H2,1-4H3. The summed E-state index contributed by atoms with van der Waals surface area (Å²) in [5.74, 6) is -1.31. The summed E-state index contributed by atoms with van der Waals surface area (Å²) in [5.41, 5.74) is 3.27. The minimum Gasteiger partial charge on any atom is -0.396 e. The van der Waals surface area contributed by atoms with Crippen molar-refractivity contribution in [1.82, 2.24) is 9.80 Å². The monoisotopic (exact) mass is 716 g/mol. The van der Waals surface area contributed by atoms with Crippen molar-refractivity contribution in [2.24, 2.45) is 11.8 Å².